The fourth-order valence-corrected chi connectivity index (χ4v) is 4.81. The van der Waals surface area contributed by atoms with E-state index in [2.05, 4.69) is 10.3 Å². The van der Waals surface area contributed by atoms with E-state index in [9.17, 15) is 22.8 Å². The quantitative estimate of drug-likeness (QED) is 0.355. The molecule has 0 spiro atoms. The maximum absolute atomic E-state index is 13.6. The SMILES string of the molecule is COC(=O)C1CCC(CNC(=O)c2cc(C(F)(F)F)cc3ccn(Cc4cccc(Cl)n4)c23)CC1. The van der Waals surface area contributed by atoms with Gasteiger partial charge in [0.25, 0.3) is 5.91 Å². The molecule has 1 amide bonds. The number of nitrogens with one attached hydrogen (secondary N) is 1. The molecule has 0 saturated heterocycles. The highest BCUT2D eigenvalue weighted by Crippen LogP contribution is 2.34. The first kappa shape index (κ1) is 25.0. The van der Waals surface area contributed by atoms with Crippen LogP contribution >= 0.6 is 11.6 Å². The van der Waals surface area contributed by atoms with E-state index in [1.165, 1.54) is 7.11 Å². The summed E-state index contributed by atoms with van der Waals surface area (Å²) in [5.74, 6) is -0.800. The summed E-state index contributed by atoms with van der Waals surface area (Å²) in [7, 11) is 1.36. The van der Waals surface area contributed by atoms with Crippen LogP contribution in [0.4, 0.5) is 13.2 Å². The summed E-state index contributed by atoms with van der Waals surface area (Å²) in [5, 5.41) is 3.43. The standard InChI is InChI=1S/C25H25ClF3N3O3/c1-35-24(34)16-7-5-15(6-8-16)13-30-23(33)20-12-18(25(27,28)29)11-17-9-10-32(22(17)20)14-19-3-2-4-21(26)31-19/h2-4,9-12,15-16H,5-8,13-14H2,1H3,(H,30,33). The fourth-order valence-electron chi connectivity index (χ4n) is 4.63. The molecule has 1 aromatic carbocycles. The third kappa shape index (κ3) is 5.78. The van der Waals surface area contributed by atoms with Gasteiger partial charge in [0.1, 0.15) is 5.15 Å². The van der Waals surface area contributed by atoms with Gasteiger partial charge in [0.05, 0.1) is 41.9 Å². The van der Waals surface area contributed by atoms with Crippen LogP contribution < -0.4 is 5.32 Å². The molecule has 4 rings (SSSR count). The number of nitrogens with zero attached hydrogens (tertiary/aromatic N) is 2. The normalized spacial score (nSPS) is 18.4. The van der Waals surface area contributed by atoms with Gasteiger partial charge in [-0.3, -0.25) is 9.59 Å². The van der Waals surface area contributed by atoms with Crippen LogP contribution in [0.5, 0.6) is 0 Å². The largest absolute Gasteiger partial charge is 0.469 e. The number of benzene rings is 1. The molecule has 1 N–H and O–H groups in total. The molecular formula is C25H25ClF3N3O3. The van der Waals surface area contributed by atoms with Crippen LogP contribution in [-0.4, -0.2) is 35.1 Å². The number of aromatic nitrogens is 2. The molecule has 1 saturated carbocycles. The van der Waals surface area contributed by atoms with Crippen molar-refractivity contribution in [2.24, 2.45) is 11.8 Å². The van der Waals surface area contributed by atoms with Crippen molar-refractivity contribution in [3.63, 3.8) is 0 Å². The lowest BCUT2D eigenvalue weighted by Gasteiger charge is -2.27. The first-order valence-electron chi connectivity index (χ1n) is 11.3. The first-order valence-corrected chi connectivity index (χ1v) is 11.7. The van der Waals surface area contributed by atoms with Gasteiger partial charge in [-0.25, -0.2) is 4.98 Å². The number of carbonyl (C=O) groups is 2. The minimum absolute atomic E-state index is 0.0508. The molecule has 0 radical (unpaired) electrons. The summed E-state index contributed by atoms with van der Waals surface area (Å²) in [4.78, 5) is 29.1. The van der Waals surface area contributed by atoms with Crippen molar-refractivity contribution in [3.05, 3.63) is 64.6 Å². The number of halogens is 4. The first-order chi connectivity index (χ1) is 16.7. The number of amides is 1. The van der Waals surface area contributed by atoms with E-state index >= 15 is 0 Å². The number of hydrogen-bond acceptors (Lipinski definition) is 4. The van der Waals surface area contributed by atoms with Gasteiger partial charge in [0.15, 0.2) is 0 Å². The number of ether oxygens (including phenoxy) is 1. The van der Waals surface area contributed by atoms with Crippen molar-refractivity contribution in [2.75, 3.05) is 13.7 Å². The Labute approximate surface area is 205 Å². The van der Waals surface area contributed by atoms with Crippen molar-refractivity contribution >= 4 is 34.4 Å². The van der Waals surface area contributed by atoms with Crippen molar-refractivity contribution < 1.29 is 27.5 Å². The monoisotopic (exact) mass is 507 g/mol. The lowest BCUT2D eigenvalue weighted by atomic mass is 9.82. The molecule has 6 nitrogen and oxygen atoms in total. The van der Waals surface area contributed by atoms with Crippen molar-refractivity contribution in [2.45, 2.75) is 38.4 Å². The summed E-state index contributed by atoms with van der Waals surface area (Å²) in [5.41, 5.74) is 0.0766. The predicted octanol–water partition coefficient (Wildman–Crippen LogP) is 5.47. The van der Waals surface area contributed by atoms with Gasteiger partial charge < -0.3 is 14.6 Å². The summed E-state index contributed by atoms with van der Waals surface area (Å²) >= 11 is 5.97. The third-order valence-electron chi connectivity index (χ3n) is 6.47. The minimum Gasteiger partial charge on any atom is -0.469 e. The van der Waals surface area contributed by atoms with Crippen molar-refractivity contribution in [1.29, 1.82) is 0 Å². The van der Waals surface area contributed by atoms with Crippen molar-refractivity contribution in [1.82, 2.24) is 14.9 Å². The van der Waals surface area contributed by atoms with E-state index in [-0.39, 0.29) is 29.9 Å². The van der Waals surface area contributed by atoms with Gasteiger partial charge in [-0.15, -0.1) is 0 Å². The van der Waals surface area contributed by atoms with Gasteiger partial charge in [-0.05, 0) is 61.9 Å². The number of pyridine rings is 1. The van der Waals surface area contributed by atoms with Crippen LogP contribution in [0.3, 0.4) is 0 Å². The molecule has 2 heterocycles. The molecule has 35 heavy (non-hydrogen) atoms. The lowest BCUT2D eigenvalue weighted by molar-refractivity contribution is -0.146. The molecule has 3 aromatic rings. The maximum atomic E-state index is 13.6. The highest BCUT2D eigenvalue weighted by Gasteiger charge is 2.33. The van der Waals surface area contributed by atoms with E-state index in [4.69, 9.17) is 16.3 Å². The molecule has 10 heteroatoms. The average molecular weight is 508 g/mol. The second-order valence-electron chi connectivity index (χ2n) is 8.81. The van der Waals surface area contributed by atoms with E-state index in [1.807, 2.05) is 0 Å². The van der Waals surface area contributed by atoms with Crippen LogP contribution in [0.15, 0.2) is 42.6 Å². The Morgan fingerprint density at radius 2 is 1.91 bits per heavy atom. The average Bonchev–Trinajstić information content (AvgIpc) is 3.24. The number of esters is 1. The second-order valence-corrected chi connectivity index (χ2v) is 9.19. The number of fused-ring (bicyclic) bond motifs is 1. The molecule has 1 fully saturated rings. The fraction of sp³-hybridized carbons (Fsp3) is 0.400. The van der Waals surface area contributed by atoms with Crippen LogP contribution in [0.2, 0.25) is 5.15 Å². The maximum Gasteiger partial charge on any atom is 0.416 e. The van der Waals surface area contributed by atoms with Gasteiger partial charge in [-0.1, -0.05) is 17.7 Å². The number of methoxy groups -OCH3 is 1. The predicted molar refractivity (Wildman–Crippen MR) is 125 cm³/mol. The Kier molecular flexibility index (Phi) is 7.35. The van der Waals surface area contributed by atoms with E-state index in [1.54, 1.807) is 35.0 Å². The van der Waals surface area contributed by atoms with Gasteiger partial charge in [-0.2, -0.15) is 13.2 Å². The third-order valence-corrected chi connectivity index (χ3v) is 6.68. The Morgan fingerprint density at radius 1 is 1.17 bits per heavy atom. The molecule has 2 aromatic heterocycles. The lowest BCUT2D eigenvalue weighted by Crippen LogP contribution is -2.33. The molecule has 1 aliphatic rings. The zero-order valence-electron chi connectivity index (χ0n) is 19.1. The molecule has 0 aliphatic heterocycles. The number of alkyl halides is 3. The Morgan fingerprint density at radius 3 is 2.57 bits per heavy atom. The number of hydrogen-bond donors (Lipinski definition) is 1. The Bertz CT molecular complexity index is 1230. The summed E-state index contributed by atoms with van der Waals surface area (Å²) in [6.07, 6.45) is -0.166. The number of rotatable bonds is 6. The topological polar surface area (TPSA) is 73.2 Å². The Hall–Kier alpha value is -3.07. The van der Waals surface area contributed by atoms with Gasteiger partial charge in [0, 0.05) is 18.1 Å². The number of carbonyl (C=O) groups excluding carboxylic acids is 2. The van der Waals surface area contributed by atoms with Gasteiger partial charge >= 0.3 is 12.1 Å². The van der Waals surface area contributed by atoms with E-state index < -0.39 is 17.6 Å². The highest BCUT2D eigenvalue weighted by atomic mass is 35.5. The highest BCUT2D eigenvalue weighted by molar-refractivity contribution is 6.29. The van der Waals surface area contributed by atoms with Gasteiger partial charge in [0.2, 0.25) is 0 Å². The Balaban J connectivity index is 1.57. The molecule has 0 atom stereocenters. The van der Waals surface area contributed by atoms with Crippen LogP contribution in [0.25, 0.3) is 10.9 Å². The van der Waals surface area contributed by atoms with Crippen LogP contribution in [-0.2, 0) is 22.3 Å². The summed E-state index contributed by atoms with van der Waals surface area (Å²) in [6.45, 7) is 0.564. The molecule has 0 bridgehead atoms. The van der Waals surface area contributed by atoms with Crippen LogP contribution in [0, 0.1) is 11.8 Å². The van der Waals surface area contributed by atoms with Crippen LogP contribution in [0.1, 0.15) is 47.3 Å². The van der Waals surface area contributed by atoms with E-state index in [0.717, 1.165) is 25.0 Å². The minimum atomic E-state index is -4.59. The molecule has 1 aliphatic carbocycles. The smallest absolute Gasteiger partial charge is 0.416 e. The molecular weight excluding hydrogens is 483 g/mol. The zero-order valence-corrected chi connectivity index (χ0v) is 19.8. The summed E-state index contributed by atoms with van der Waals surface area (Å²) < 4.78 is 47.2. The zero-order chi connectivity index (χ0) is 25.2. The van der Waals surface area contributed by atoms with Crippen molar-refractivity contribution in [3.8, 4) is 0 Å². The summed E-state index contributed by atoms with van der Waals surface area (Å²) in [6, 6.07) is 8.62. The molecule has 186 valence electrons. The second kappa shape index (κ2) is 10.3. The molecule has 0 unspecified atom stereocenters. The van der Waals surface area contributed by atoms with E-state index in [0.29, 0.717) is 41.1 Å².